The Kier molecular flexibility index (Phi) is 4.95. The van der Waals surface area contributed by atoms with Crippen molar-refractivity contribution in [3.05, 3.63) is 35.4 Å². The molecule has 1 aromatic carbocycles. The van der Waals surface area contributed by atoms with E-state index in [0.29, 0.717) is 18.5 Å². The molecule has 1 aromatic rings. The van der Waals surface area contributed by atoms with E-state index in [2.05, 4.69) is 5.32 Å². The number of benzene rings is 1. The summed E-state index contributed by atoms with van der Waals surface area (Å²) in [6, 6.07) is 7.06. The Morgan fingerprint density at radius 2 is 2.25 bits per heavy atom. The van der Waals surface area contributed by atoms with Gasteiger partial charge >= 0.3 is 5.97 Å². The molecule has 4 nitrogen and oxygen atoms in total. The monoisotopic (exact) mass is 223 g/mol. The molecule has 0 saturated heterocycles. The highest BCUT2D eigenvalue weighted by Crippen LogP contribution is 2.05. The molecule has 4 heteroatoms. The van der Waals surface area contributed by atoms with E-state index in [1.54, 1.807) is 18.2 Å². The van der Waals surface area contributed by atoms with Gasteiger partial charge in [-0.25, -0.2) is 4.79 Å². The minimum Gasteiger partial charge on any atom is -0.478 e. The summed E-state index contributed by atoms with van der Waals surface area (Å²) in [7, 11) is 0. The average molecular weight is 223 g/mol. The van der Waals surface area contributed by atoms with E-state index in [1.165, 1.54) is 0 Å². The molecule has 0 saturated carbocycles. The number of hydrogen-bond donors (Lipinski definition) is 3. The van der Waals surface area contributed by atoms with Crippen LogP contribution in [0.1, 0.15) is 29.3 Å². The maximum absolute atomic E-state index is 10.7. The summed E-state index contributed by atoms with van der Waals surface area (Å²) in [5.41, 5.74) is 1.24. The SMILES string of the molecule is CC(CCO)NCc1cccc(C(=O)O)c1. The number of carboxylic acid groups (broad SMARTS) is 1. The van der Waals surface area contributed by atoms with Crippen molar-refractivity contribution < 1.29 is 15.0 Å². The zero-order valence-corrected chi connectivity index (χ0v) is 9.31. The van der Waals surface area contributed by atoms with Gasteiger partial charge < -0.3 is 15.5 Å². The number of hydrogen-bond acceptors (Lipinski definition) is 3. The molecule has 0 heterocycles. The van der Waals surface area contributed by atoms with E-state index in [9.17, 15) is 4.79 Å². The first-order chi connectivity index (χ1) is 7.63. The third kappa shape index (κ3) is 4.00. The lowest BCUT2D eigenvalue weighted by Crippen LogP contribution is -2.26. The normalized spacial score (nSPS) is 12.4. The van der Waals surface area contributed by atoms with Crippen LogP contribution in [0.25, 0.3) is 0 Å². The molecule has 88 valence electrons. The number of aromatic carboxylic acids is 1. The predicted octanol–water partition coefficient (Wildman–Crippen LogP) is 1.25. The fourth-order valence-corrected chi connectivity index (χ4v) is 1.40. The standard InChI is InChI=1S/C12H17NO3/c1-9(5-6-14)13-8-10-3-2-4-11(7-10)12(15)16/h2-4,7,9,13-14H,5-6,8H2,1H3,(H,15,16). The van der Waals surface area contributed by atoms with Gasteiger partial charge in [0, 0.05) is 19.2 Å². The highest BCUT2D eigenvalue weighted by Gasteiger charge is 2.04. The van der Waals surface area contributed by atoms with Crippen molar-refractivity contribution in [1.29, 1.82) is 0 Å². The van der Waals surface area contributed by atoms with Crippen LogP contribution in [0.5, 0.6) is 0 Å². The Morgan fingerprint density at radius 3 is 2.88 bits per heavy atom. The number of carbonyl (C=O) groups is 1. The Bertz CT molecular complexity index is 352. The summed E-state index contributed by atoms with van der Waals surface area (Å²) in [6.45, 7) is 2.75. The van der Waals surface area contributed by atoms with Crippen molar-refractivity contribution in [2.75, 3.05) is 6.61 Å². The highest BCUT2D eigenvalue weighted by atomic mass is 16.4. The lowest BCUT2D eigenvalue weighted by Gasteiger charge is -2.12. The van der Waals surface area contributed by atoms with E-state index in [0.717, 1.165) is 5.56 Å². The second-order valence-electron chi connectivity index (χ2n) is 3.80. The summed E-state index contributed by atoms with van der Waals surface area (Å²) in [5, 5.41) is 20.8. The van der Waals surface area contributed by atoms with E-state index in [1.807, 2.05) is 13.0 Å². The second kappa shape index (κ2) is 6.25. The molecular weight excluding hydrogens is 206 g/mol. The fourth-order valence-electron chi connectivity index (χ4n) is 1.40. The van der Waals surface area contributed by atoms with Crippen LogP contribution in [0.15, 0.2) is 24.3 Å². The molecule has 0 radical (unpaired) electrons. The van der Waals surface area contributed by atoms with Crippen LogP contribution in [-0.2, 0) is 6.54 Å². The topological polar surface area (TPSA) is 69.6 Å². The van der Waals surface area contributed by atoms with Crippen molar-refractivity contribution >= 4 is 5.97 Å². The van der Waals surface area contributed by atoms with Crippen molar-refractivity contribution in [2.24, 2.45) is 0 Å². The first-order valence-electron chi connectivity index (χ1n) is 5.30. The Balaban J connectivity index is 2.54. The van der Waals surface area contributed by atoms with Crippen LogP contribution in [0, 0.1) is 0 Å². The van der Waals surface area contributed by atoms with Crippen molar-refractivity contribution in [3.63, 3.8) is 0 Å². The van der Waals surface area contributed by atoms with Gasteiger partial charge in [-0.3, -0.25) is 0 Å². The van der Waals surface area contributed by atoms with Gasteiger partial charge in [-0.2, -0.15) is 0 Å². The van der Waals surface area contributed by atoms with Gasteiger partial charge in [0.25, 0.3) is 0 Å². The average Bonchev–Trinajstić information content (AvgIpc) is 2.27. The highest BCUT2D eigenvalue weighted by molar-refractivity contribution is 5.87. The lowest BCUT2D eigenvalue weighted by atomic mass is 10.1. The van der Waals surface area contributed by atoms with Crippen molar-refractivity contribution in [1.82, 2.24) is 5.32 Å². The van der Waals surface area contributed by atoms with E-state index >= 15 is 0 Å². The van der Waals surface area contributed by atoms with Gasteiger partial charge in [-0.15, -0.1) is 0 Å². The molecular formula is C12H17NO3. The summed E-state index contributed by atoms with van der Waals surface area (Å²) in [4.78, 5) is 10.7. The predicted molar refractivity (Wildman–Crippen MR) is 61.4 cm³/mol. The smallest absolute Gasteiger partial charge is 0.335 e. The molecule has 1 unspecified atom stereocenters. The number of aliphatic hydroxyl groups excluding tert-OH is 1. The van der Waals surface area contributed by atoms with Crippen LogP contribution in [-0.4, -0.2) is 28.8 Å². The molecule has 0 aliphatic heterocycles. The van der Waals surface area contributed by atoms with Gasteiger partial charge in [0.2, 0.25) is 0 Å². The summed E-state index contributed by atoms with van der Waals surface area (Å²) < 4.78 is 0. The number of nitrogens with one attached hydrogen (secondary N) is 1. The quantitative estimate of drug-likeness (QED) is 0.678. The molecule has 0 aliphatic carbocycles. The molecule has 0 aliphatic rings. The molecule has 16 heavy (non-hydrogen) atoms. The Hall–Kier alpha value is -1.39. The lowest BCUT2D eigenvalue weighted by molar-refractivity contribution is 0.0696. The summed E-state index contributed by atoms with van der Waals surface area (Å²) in [6.07, 6.45) is 0.693. The molecule has 0 bridgehead atoms. The number of rotatable bonds is 6. The molecule has 0 amide bonds. The van der Waals surface area contributed by atoms with Crippen LogP contribution < -0.4 is 5.32 Å². The number of aliphatic hydroxyl groups is 1. The van der Waals surface area contributed by atoms with E-state index < -0.39 is 5.97 Å². The van der Waals surface area contributed by atoms with Crippen LogP contribution in [0.4, 0.5) is 0 Å². The first kappa shape index (κ1) is 12.7. The summed E-state index contributed by atoms with van der Waals surface area (Å²) in [5.74, 6) is -0.912. The van der Waals surface area contributed by atoms with E-state index in [-0.39, 0.29) is 12.6 Å². The largest absolute Gasteiger partial charge is 0.478 e. The third-order valence-corrected chi connectivity index (χ3v) is 2.39. The molecule has 1 rings (SSSR count). The summed E-state index contributed by atoms with van der Waals surface area (Å²) >= 11 is 0. The van der Waals surface area contributed by atoms with Crippen molar-refractivity contribution in [3.8, 4) is 0 Å². The zero-order valence-electron chi connectivity index (χ0n) is 9.31. The van der Waals surface area contributed by atoms with Gasteiger partial charge in [0.15, 0.2) is 0 Å². The number of carboxylic acids is 1. The zero-order chi connectivity index (χ0) is 12.0. The second-order valence-corrected chi connectivity index (χ2v) is 3.80. The molecule has 3 N–H and O–H groups in total. The van der Waals surface area contributed by atoms with Crippen LogP contribution in [0.3, 0.4) is 0 Å². The molecule has 0 spiro atoms. The van der Waals surface area contributed by atoms with Crippen molar-refractivity contribution in [2.45, 2.75) is 25.9 Å². The molecule has 1 atom stereocenters. The fraction of sp³-hybridized carbons (Fsp3) is 0.417. The van der Waals surface area contributed by atoms with Gasteiger partial charge in [-0.1, -0.05) is 12.1 Å². The Labute approximate surface area is 94.9 Å². The third-order valence-electron chi connectivity index (χ3n) is 2.39. The van der Waals surface area contributed by atoms with Gasteiger partial charge in [0.05, 0.1) is 5.56 Å². The van der Waals surface area contributed by atoms with Gasteiger partial charge in [0.1, 0.15) is 0 Å². The van der Waals surface area contributed by atoms with Gasteiger partial charge in [-0.05, 0) is 31.0 Å². The van der Waals surface area contributed by atoms with Crippen LogP contribution in [0.2, 0.25) is 0 Å². The first-order valence-corrected chi connectivity index (χ1v) is 5.30. The minimum absolute atomic E-state index is 0.156. The molecule has 0 aromatic heterocycles. The maximum atomic E-state index is 10.7. The maximum Gasteiger partial charge on any atom is 0.335 e. The van der Waals surface area contributed by atoms with Crippen LogP contribution >= 0.6 is 0 Å². The Morgan fingerprint density at radius 1 is 1.50 bits per heavy atom. The minimum atomic E-state index is -0.912. The van der Waals surface area contributed by atoms with E-state index in [4.69, 9.17) is 10.2 Å². The molecule has 0 fully saturated rings.